The largest absolute Gasteiger partial charge is 0.480 e. The highest BCUT2D eigenvalue weighted by Crippen LogP contribution is 2.13. The zero-order valence-electron chi connectivity index (χ0n) is 7.16. The number of aromatic nitrogens is 3. The van der Waals surface area contributed by atoms with Gasteiger partial charge in [0.15, 0.2) is 6.04 Å². The van der Waals surface area contributed by atoms with Gasteiger partial charge < -0.3 is 10.8 Å². The molecule has 0 bridgehead atoms. The third-order valence-corrected chi connectivity index (χ3v) is 1.91. The molecule has 2 heterocycles. The van der Waals surface area contributed by atoms with E-state index in [1.54, 1.807) is 24.4 Å². The maximum Gasteiger partial charge on any atom is 0.326 e. The van der Waals surface area contributed by atoms with Gasteiger partial charge in [-0.2, -0.15) is 0 Å². The Kier molecular flexibility index (Phi) is 1.90. The number of nitrogens with two attached hydrogens (primary N) is 1. The summed E-state index contributed by atoms with van der Waals surface area (Å²) in [5, 5.41) is 16.2. The van der Waals surface area contributed by atoms with Gasteiger partial charge in [0.2, 0.25) is 0 Å². The van der Waals surface area contributed by atoms with Crippen molar-refractivity contribution < 1.29 is 9.90 Å². The minimum atomic E-state index is -1.13. The third-order valence-electron chi connectivity index (χ3n) is 1.91. The lowest BCUT2D eigenvalue weighted by Gasteiger charge is -2.01. The molecule has 0 aliphatic rings. The van der Waals surface area contributed by atoms with E-state index in [0.717, 1.165) is 0 Å². The minimum Gasteiger partial charge on any atom is -0.480 e. The molecular formula is C8H8N4O2. The van der Waals surface area contributed by atoms with E-state index in [1.165, 1.54) is 4.52 Å². The van der Waals surface area contributed by atoms with Crippen LogP contribution in [0.1, 0.15) is 11.7 Å². The fourth-order valence-electron chi connectivity index (χ4n) is 1.20. The molecule has 6 nitrogen and oxygen atoms in total. The van der Waals surface area contributed by atoms with Gasteiger partial charge in [0.05, 0.1) is 5.52 Å². The maximum absolute atomic E-state index is 10.6. The van der Waals surface area contributed by atoms with Gasteiger partial charge in [-0.15, -0.1) is 5.10 Å². The van der Waals surface area contributed by atoms with E-state index >= 15 is 0 Å². The van der Waals surface area contributed by atoms with Crippen molar-refractivity contribution >= 4 is 11.5 Å². The third kappa shape index (κ3) is 1.21. The molecule has 2 aromatic rings. The fourth-order valence-corrected chi connectivity index (χ4v) is 1.20. The highest BCUT2D eigenvalue weighted by molar-refractivity contribution is 5.77. The molecule has 2 aromatic heterocycles. The summed E-state index contributed by atoms with van der Waals surface area (Å²) in [5.41, 5.74) is 6.32. The van der Waals surface area contributed by atoms with E-state index in [1.807, 2.05) is 0 Å². The molecule has 3 N–H and O–H groups in total. The second kappa shape index (κ2) is 3.08. The Morgan fingerprint density at radius 2 is 2.36 bits per heavy atom. The monoisotopic (exact) mass is 192 g/mol. The van der Waals surface area contributed by atoms with Crippen LogP contribution in [0.5, 0.6) is 0 Å². The molecule has 14 heavy (non-hydrogen) atoms. The summed E-state index contributed by atoms with van der Waals surface area (Å²) in [6.45, 7) is 0. The Hall–Kier alpha value is -1.95. The van der Waals surface area contributed by atoms with Gasteiger partial charge in [0.1, 0.15) is 5.69 Å². The van der Waals surface area contributed by atoms with Gasteiger partial charge in [-0.05, 0) is 12.1 Å². The molecule has 0 saturated heterocycles. The van der Waals surface area contributed by atoms with Crippen LogP contribution >= 0.6 is 0 Å². The van der Waals surface area contributed by atoms with E-state index < -0.39 is 12.0 Å². The topological polar surface area (TPSA) is 93.5 Å². The molecule has 1 atom stereocenters. The minimum absolute atomic E-state index is 0.276. The number of nitrogens with zero attached hydrogens (tertiary/aromatic N) is 3. The molecule has 72 valence electrons. The molecule has 0 aliphatic heterocycles. The van der Waals surface area contributed by atoms with Crippen LogP contribution in [0.2, 0.25) is 0 Å². The van der Waals surface area contributed by atoms with Crippen LogP contribution < -0.4 is 5.73 Å². The lowest BCUT2D eigenvalue weighted by atomic mass is 10.2. The van der Waals surface area contributed by atoms with Crippen molar-refractivity contribution in [1.29, 1.82) is 0 Å². The summed E-state index contributed by atoms with van der Waals surface area (Å²) in [5.74, 6) is -1.11. The van der Waals surface area contributed by atoms with Crippen molar-refractivity contribution in [3.63, 3.8) is 0 Å². The van der Waals surface area contributed by atoms with Gasteiger partial charge in [0, 0.05) is 6.20 Å². The highest BCUT2D eigenvalue weighted by atomic mass is 16.4. The maximum atomic E-state index is 10.6. The molecular weight excluding hydrogens is 184 g/mol. The quantitative estimate of drug-likeness (QED) is 0.688. The standard InChI is InChI=1S/C8H8N4O2/c9-6(8(13)14)7-5-3-1-2-4-12(5)11-10-7/h1-4,6H,9H2,(H,13,14). The van der Waals surface area contributed by atoms with Crippen molar-refractivity contribution in [1.82, 2.24) is 14.8 Å². The Morgan fingerprint density at radius 1 is 1.57 bits per heavy atom. The number of rotatable bonds is 2. The first-order valence-corrected chi connectivity index (χ1v) is 3.98. The summed E-state index contributed by atoms with van der Waals surface area (Å²) in [6.07, 6.45) is 1.68. The Morgan fingerprint density at radius 3 is 3.07 bits per heavy atom. The number of aliphatic carboxylic acids is 1. The van der Waals surface area contributed by atoms with Crippen LogP contribution in [0, 0.1) is 0 Å². The van der Waals surface area contributed by atoms with Crippen molar-refractivity contribution in [2.75, 3.05) is 0 Å². The number of hydrogen-bond acceptors (Lipinski definition) is 4. The van der Waals surface area contributed by atoms with E-state index in [2.05, 4.69) is 10.3 Å². The molecule has 0 aromatic carbocycles. The smallest absolute Gasteiger partial charge is 0.326 e. The number of fused-ring (bicyclic) bond motifs is 1. The van der Waals surface area contributed by atoms with Gasteiger partial charge in [-0.1, -0.05) is 11.3 Å². The zero-order chi connectivity index (χ0) is 10.1. The summed E-state index contributed by atoms with van der Waals surface area (Å²) in [4.78, 5) is 10.6. The van der Waals surface area contributed by atoms with Crippen LogP contribution in [0.4, 0.5) is 0 Å². The highest BCUT2D eigenvalue weighted by Gasteiger charge is 2.20. The van der Waals surface area contributed by atoms with Crippen LogP contribution in [-0.4, -0.2) is 25.9 Å². The van der Waals surface area contributed by atoms with Crippen LogP contribution in [-0.2, 0) is 4.79 Å². The summed E-state index contributed by atoms with van der Waals surface area (Å²) in [6, 6.07) is 4.14. The van der Waals surface area contributed by atoms with Crippen molar-refractivity contribution in [3.8, 4) is 0 Å². The Bertz CT molecular complexity index is 479. The van der Waals surface area contributed by atoms with Crippen LogP contribution in [0.3, 0.4) is 0 Å². The second-order valence-corrected chi connectivity index (χ2v) is 2.82. The average Bonchev–Trinajstić information content (AvgIpc) is 2.60. The van der Waals surface area contributed by atoms with Crippen LogP contribution in [0.25, 0.3) is 5.52 Å². The number of carboxylic acids is 1. The zero-order valence-corrected chi connectivity index (χ0v) is 7.16. The van der Waals surface area contributed by atoms with Gasteiger partial charge >= 0.3 is 5.97 Å². The van der Waals surface area contributed by atoms with E-state index in [0.29, 0.717) is 5.52 Å². The molecule has 2 rings (SSSR count). The molecule has 0 fully saturated rings. The number of hydrogen-bond donors (Lipinski definition) is 2. The first kappa shape index (κ1) is 8.64. The lowest BCUT2D eigenvalue weighted by Crippen LogP contribution is -2.21. The number of carboxylic acid groups (broad SMARTS) is 1. The van der Waals surface area contributed by atoms with Crippen LogP contribution in [0.15, 0.2) is 24.4 Å². The Balaban J connectivity index is 2.58. The average molecular weight is 192 g/mol. The summed E-state index contributed by atoms with van der Waals surface area (Å²) < 4.78 is 1.48. The Labute approximate surface area is 79.0 Å². The molecule has 0 radical (unpaired) electrons. The van der Waals surface area contributed by atoms with Gasteiger partial charge in [0.25, 0.3) is 0 Å². The first-order valence-electron chi connectivity index (χ1n) is 3.98. The SMILES string of the molecule is NC(C(=O)O)c1nnn2ccccc12. The van der Waals surface area contributed by atoms with Gasteiger partial charge in [-0.3, -0.25) is 4.79 Å². The molecule has 0 saturated carbocycles. The molecule has 0 spiro atoms. The van der Waals surface area contributed by atoms with Crippen molar-refractivity contribution in [2.45, 2.75) is 6.04 Å². The molecule has 0 aliphatic carbocycles. The molecule has 1 unspecified atom stereocenters. The predicted octanol–water partition coefficient (Wildman–Crippen LogP) is -0.186. The van der Waals surface area contributed by atoms with Crippen molar-refractivity contribution in [3.05, 3.63) is 30.1 Å². The first-order chi connectivity index (χ1) is 6.70. The normalized spacial score (nSPS) is 12.9. The van der Waals surface area contributed by atoms with Gasteiger partial charge in [-0.25, -0.2) is 4.52 Å². The predicted molar refractivity (Wildman–Crippen MR) is 47.6 cm³/mol. The number of carbonyl (C=O) groups is 1. The summed E-state index contributed by atoms with van der Waals surface area (Å²) >= 11 is 0. The summed E-state index contributed by atoms with van der Waals surface area (Å²) in [7, 11) is 0. The molecule has 0 amide bonds. The molecule has 6 heteroatoms. The fraction of sp³-hybridized carbons (Fsp3) is 0.125. The van der Waals surface area contributed by atoms with E-state index in [4.69, 9.17) is 10.8 Å². The van der Waals surface area contributed by atoms with E-state index in [9.17, 15) is 4.79 Å². The van der Waals surface area contributed by atoms with E-state index in [-0.39, 0.29) is 5.69 Å². The second-order valence-electron chi connectivity index (χ2n) is 2.82. The number of pyridine rings is 1. The van der Waals surface area contributed by atoms with Crippen molar-refractivity contribution in [2.24, 2.45) is 5.73 Å². The lowest BCUT2D eigenvalue weighted by molar-refractivity contribution is -0.138.